The summed E-state index contributed by atoms with van der Waals surface area (Å²) in [5, 5.41) is -0.0404. The fourth-order valence-corrected chi connectivity index (χ4v) is 5.53. The number of carbonyl (C=O) groups excluding carboxylic acids is 2. The lowest BCUT2D eigenvalue weighted by Crippen LogP contribution is -2.43. The first-order valence-electron chi connectivity index (χ1n) is 13.0. The minimum atomic E-state index is -2.23. The lowest BCUT2D eigenvalue weighted by atomic mass is 9.95. The van der Waals surface area contributed by atoms with Crippen LogP contribution in [0.3, 0.4) is 0 Å². The van der Waals surface area contributed by atoms with E-state index in [1.807, 2.05) is 12.1 Å². The maximum atomic E-state index is 13.7. The average molecular weight is 557 g/mol. The molecule has 0 bridgehead atoms. The molecule has 3 rings (SSSR count). The summed E-state index contributed by atoms with van der Waals surface area (Å²) >= 11 is 0. The van der Waals surface area contributed by atoms with Gasteiger partial charge in [0.2, 0.25) is 5.75 Å². The Labute approximate surface area is 232 Å². The highest BCUT2D eigenvalue weighted by Crippen LogP contribution is 2.47. The molecule has 0 aromatic heterocycles. The van der Waals surface area contributed by atoms with Gasteiger partial charge in [0, 0.05) is 12.0 Å². The van der Waals surface area contributed by atoms with Crippen LogP contribution in [0.15, 0.2) is 36.4 Å². The molecule has 8 nitrogen and oxygen atoms in total. The molecule has 0 fully saturated rings. The molecule has 0 amide bonds. The van der Waals surface area contributed by atoms with Crippen LogP contribution in [0.25, 0.3) is 11.1 Å². The van der Waals surface area contributed by atoms with Crippen molar-refractivity contribution in [1.82, 2.24) is 0 Å². The molecule has 9 heteroatoms. The van der Waals surface area contributed by atoms with Crippen molar-refractivity contribution in [2.45, 2.75) is 58.4 Å². The number of hydrogen-bond donors (Lipinski definition) is 0. The number of esters is 1. The number of rotatable bonds is 11. The molecule has 0 radical (unpaired) electrons. The van der Waals surface area contributed by atoms with Gasteiger partial charge in [-0.15, -0.1) is 0 Å². The Kier molecular flexibility index (Phi) is 9.50. The second-order valence-corrected chi connectivity index (χ2v) is 15.6. The predicted molar refractivity (Wildman–Crippen MR) is 153 cm³/mol. The van der Waals surface area contributed by atoms with E-state index in [0.717, 1.165) is 11.1 Å². The number of hydrogen-bond acceptors (Lipinski definition) is 8. The molecule has 1 aliphatic rings. The molecule has 0 N–H and O–H groups in total. The van der Waals surface area contributed by atoms with Gasteiger partial charge in [0.05, 0.1) is 34.0 Å². The summed E-state index contributed by atoms with van der Waals surface area (Å²) < 4.78 is 34.0. The number of benzene rings is 2. The second kappa shape index (κ2) is 12.3. The van der Waals surface area contributed by atoms with Gasteiger partial charge in [-0.25, -0.2) is 4.79 Å². The van der Waals surface area contributed by atoms with E-state index in [2.05, 4.69) is 33.9 Å². The third kappa shape index (κ3) is 6.65. The van der Waals surface area contributed by atoms with Crippen LogP contribution in [-0.4, -0.2) is 60.7 Å². The number of ketones is 1. The second-order valence-electron chi connectivity index (χ2n) is 10.8. The molecule has 2 aromatic rings. The number of ether oxygens (including phenoxy) is 5. The molecule has 212 valence electrons. The molecule has 0 spiro atoms. The van der Waals surface area contributed by atoms with E-state index in [4.69, 9.17) is 28.1 Å². The minimum Gasteiger partial charge on any atom is -0.493 e. The third-order valence-electron chi connectivity index (χ3n) is 7.26. The molecule has 1 aliphatic carbocycles. The van der Waals surface area contributed by atoms with E-state index in [1.54, 1.807) is 52.5 Å². The lowest BCUT2D eigenvalue weighted by molar-refractivity contribution is -0.145. The fourth-order valence-electron chi connectivity index (χ4n) is 4.26. The summed E-state index contributed by atoms with van der Waals surface area (Å²) in [7, 11) is 2.40. The largest absolute Gasteiger partial charge is 0.493 e. The zero-order valence-electron chi connectivity index (χ0n) is 24.4. The first-order chi connectivity index (χ1) is 18.4. The van der Waals surface area contributed by atoms with Crippen LogP contribution in [0.5, 0.6) is 23.0 Å². The summed E-state index contributed by atoms with van der Waals surface area (Å²) in [6.07, 6.45) is -0.187. The fraction of sp³-hybridized carbons (Fsp3) is 0.467. The van der Waals surface area contributed by atoms with E-state index in [0.29, 0.717) is 40.7 Å². The lowest BCUT2D eigenvalue weighted by Gasteiger charge is -2.39. The highest BCUT2D eigenvalue weighted by atomic mass is 28.4. The van der Waals surface area contributed by atoms with Crippen LogP contribution in [0.2, 0.25) is 18.1 Å². The molecule has 2 aromatic carbocycles. The Morgan fingerprint density at radius 1 is 0.949 bits per heavy atom. The smallest absolute Gasteiger partial charge is 0.344 e. The summed E-state index contributed by atoms with van der Waals surface area (Å²) in [5.74, 6) is 1.44. The Morgan fingerprint density at radius 2 is 1.54 bits per heavy atom. The van der Waals surface area contributed by atoms with E-state index >= 15 is 0 Å². The van der Waals surface area contributed by atoms with Crippen molar-refractivity contribution >= 4 is 31.2 Å². The number of carbonyl (C=O) groups is 2. The number of allylic oxidation sites excluding steroid dienone is 1. The molecule has 0 saturated heterocycles. The maximum absolute atomic E-state index is 13.7. The van der Waals surface area contributed by atoms with Crippen molar-refractivity contribution in [2.24, 2.45) is 0 Å². The molecule has 1 atom stereocenters. The van der Waals surface area contributed by atoms with E-state index in [-0.39, 0.29) is 23.8 Å². The van der Waals surface area contributed by atoms with Crippen molar-refractivity contribution in [3.8, 4) is 23.0 Å². The van der Waals surface area contributed by atoms with Gasteiger partial charge in [0.15, 0.2) is 32.2 Å². The zero-order valence-corrected chi connectivity index (χ0v) is 25.4. The monoisotopic (exact) mass is 556 g/mol. The van der Waals surface area contributed by atoms with E-state index < -0.39 is 20.4 Å². The Morgan fingerprint density at radius 3 is 2.03 bits per heavy atom. The van der Waals surface area contributed by atoms with Gasteiger partial charge in [-0.2, -0.15) is 0 Å². The topological polar surface area (TPSA) is 89.5 Å². The highest BCUT2D eigenvalue weighted by Gasteiger charge is 2.44. The molecule has 0 heterocycles. The van der Waals surface area contributed by atoms with E-state index in [1.165, 1.54) is 0 Å². The first kappa shape index (κ1) is 30.2. The van der Waals surface area contributed by atoms with Crippen molar-refractivity contribution in [2.75, 3.05) is 34.5 Å². The summed E-state index contributed by atoms with van der Waals surface area (Å²) in [4.78, 5) is 25.4. The van der Waals surface area contributed by atoms with Gasteiger partial charge < -0.3 is 28.1 Å². The predicted octanol–water partition coefficient (Wildman–Crippen LogP) is 5.93. The quantitative estimate of drug-likeness (QED) is 0.249. The molecular weight excluding hydrogens is 516 g/mol. The summed E-state index contributed by atoms with van der Waals surface area (Å²) in [6.45, 7) is 12.7. The van der Waals surface area contributed by atoms with Gasteiger partial charge in [-0.05, 0) is 66.0 Å². The van der Waals surface area contributed by atoms with E-state index in [9.17, 15) is 9.59 Å². The number of Topliss-reactive ketones (excluding diaryl/α,β-unsaturated/α-hetero) is 1. The van der Waals surface area contributed by atoms with Crippen LogP contribution in [0.4, 0.5) is 0 Å². The van der Waals surface area contributed by atoms with Crippen molar-refractivity contribution in [3.05, 3.63) is 47.5 Å². The van der Waals surface area contributed by atoms with Crippen LogP contribution in [0.1, 0.15) is 45.2 Å². The molecule has 0 aliphatic heterocycles. The Hall–Kier alpha value is -3.30. The van der Waals surface area contributed by atoms with Crippen molar-refractivity contribution < 1.29 is 37.7 Å². The SMILES string of the molecule is CCOC(=O)COc1ccc(C2=C(c3cc(OC)c(OC)c(OC)c3)C(=O)CC2O[Si](C)(C)C(C)(C)C)cc1. The normalized spacial score (nSPS) is 15.8. The first-order valence-corrected chi connectivity index (χ1v) is 15.9. The maximum Gasteiger partial charge on any atom is 0.344 e. The Balaban J connectivity index is 2.14. The van der Waals surface area contributed by atoms with Crippen LogP contribution < -0.4 is 18.9 Å². The molecular formula is C30H40O8Si. The highest BCUT2D eigenvalue weighted by molar-refractivity contribution is 6.74. The van der Waals surface area contributed by atoms with Crippen LogP contribution >= 0.6 is 0 Å². The molecule has 0 saturated carbocycles. The van der Waals surface area contributed by atoms with Gasteiger partial charge in [0.25, 0.3) is 0 Å². The minimum absolute atomic E-state index is 0.0226. The zero-order chi connectivity index (χ0) is 29.0. The van der Waals surface area contributed by atoms with Crippen molar-refractivity contribution in [3.63, 3.8) is 0 Å². The summed E-state index contributed by atoms with van der Waals surface area (Å²) in [5.41, 5.74) is 2.85. The van der Waals surface area contributed by atoms with Crippen LogP contribution in [-0.2, 0) is 18.8 Å². The van der Waals surface area contributed by atoms with Gasteiger partial charge in [-0.1, -0.05) is 32.9 Å². The average Bonchev–Trinajstić information content (AvgIpc) is 3.20. The van der Waals surface area contributed by atoms with Crippen LogP contribution in [0, 0.1) is 0 Å². The molecule has 39 heavy (non-hydrogen) atoms. The van der Waals surface area contributed by atoms with Gasteiger partial charge >= 0.3 is 5.97 Å². The number of methoxy groups -OCH3 is 3. The van der Waals surface area contributed by atoms with Crippen molar-refractivity contribution in [1.29, 1.82) is 0 Å². The van der Waals surface area contributed by atoms with Gasteiger partial charge in [0.1, 0.15) is 5.75 Å². The summed E-state index contributed by atoms with van der Waals surface area (Å²) in [6, 6.07) is 10.9. The third-order valence-corrected chi connectivity index (χ3v) is 11.8. The molecule has 1 unspecified atom stereocenters. The Bertz CT molecular complexity index is 1200. The van der Waals surface area contributed by atoms with Gasteiger partial charge in [-0.3, -0.25) is 4.79 Å². The standard InChI is InChI=1S/C30H40O8Si/c1-10-36-26(32)18-37-21-13-11-19(12-14-21)28-23(38-39(8,9)30(2,3)4)17-22(31)27(28)20-15-24(33-5)29(35-7)25(16-20)34-6/h11-16,23H,10,17-18H2,1-9H3.